The molecule has 18 heavy (non-hydrogen) atoms. The van der Waals surface area contributed by atoms with Crippen molar-refractivity contribution in [2.45, 2.75) is 54.5 Å². The standard InChI is InChI=1S/C16H36N2/c1-11(2)13(5)9-18-16(10-17-8)15(7)14(6)12(3)4/h11-18H,9-10H2,1-8H3. The first-order chi connectivity index (χ1) is 8.31. The van der Waals surface area contributed by atoms with Crippen LogP contribution in [0.4, 0.5) is 0 Å². The van der Waals surface area contributed by atoms with E-state index in [1.54, 1.807) is 0 Å². The lowest BCUT2D eigenvalue weighted by molar-refractivity contribution is 0.217. The predicted molar refractivity (Wildman–Crippen MR) is 82.9 cm³/mol. The number of hydrogen-bond donors (Lipinski definition) is 2. The van der Waals surface area contributed by atoms with Crippen molar-refractivity contribution in [2.75, 3.05) is 20.1 Å². The summed E-state index contributed by atoms with van der Waals surface area (Å²) >= 11 is 0. The molecule has 0 radical (unpaired) electrons. The number of hydrogen-bond acceptors (Lipinski definition) is 2. The summed E-state index contributed by atoms with van der Waals surface area (Å²) in [5.41, 5.74) is 0. The minimum Gasteiger partial charge on any atom is -0.318 e. The first-order valence-electron chi connectivity index (χ1n) is 7.69. The molecule has 4 atom stereocenters. The van der Waals surface area contributed by atoms with Gasteiger partial charge in [-0.05, 0) is 43.2 Å². The summed E-state index contributed by atoms with van der Waals surface area (Å²) in [5, 5.41) is 7.11. The third-order valence-electron chi connectivity index (χ3n) is 4.78. The lowest BCUT2D eigenvalue weighted by Gasteiger charge is -2.33. The summed E-state index contributed by atoms with van der Waals surface area (Å²) in [6.07, 6.45) is 0. The fourth-order valence-corrected chi connectivity index (χ4v) is 2.21. The van der Waals surface area contributed by atoms with E-state index in [2.05, 4.69) is 59.1 Å². The molecule has 0 saturated carbocycles. The Morgan fingerprint density at radius 1 is 0.722 bits per heavy atom. The van der Waals surface area contributed by atoms with Gasteiger partial charge in [0, 0.05) is 12.6 Å². The molecule has 110 valence electrons. The van der Waals surface area contributed by atoms with Crippen LogP contribution in [0.15, 0.2) is 0 Å². The van der Waals surface area contributed by atoms with E-state index in [9.17, 15) is 0 Å². The Labute approximate surface area is 115 Å². The SMILES string of the molecule is CNCC(NCC(C)C(C)C)C(C)C(C)C(C)C. The van der Waals surface area contributed by atoms with E-state index in [0.29, 0.717) is 12.0 Å². The van der Waals surface area contributed by atoms with Gasteiger partial charge in [-0.1, -0.05) is 48.5 Å². The van der Waals surface area contributed by atoms with Gasteiger partial charge in [0.1, 0.15) is 0 Å². The van der Waals surface area contributed by atoms with Crippen molar-refractivity contribution >= 4 is 0 Å². The fourth-order valence-electron chi connectivity index (χ4n) is 2.21. The van der Waals surface area contributed by atoms with Crippen LogP contribution in [0.2, 0.25) is 0 Å². The van der Waals surface area contributed by atoms with Crippen LogP contribution < -0.4 is 10.6 Å². The molecule has 0 aromatic heterocycles. The van der Waals surface area contributed by atoms with Crippen LogP contribution in [0.3, 0.4) is 0 Å². The van der Waals surface area contributed by atoms with Gasteiger partial charge in [0.05, 0.1) is 0 Å². The molecule has 2 N–H and O–H groups in total. The highest BCUT2D eigenvalue weighted by Gasteiger charge is 2.24. The molecule has 0 fully saturated rings. The third kappa shape index (κ3) is 6.19. The topological polar surface area (TPSA) is 24.1 Å². The number of likely N-dealkylation sites (N-methyl/N-ethyl adjacent to an activating group) is 1. The second-order valence-electron chi connectivity index (χ2n) is 6.76. The molecule has 0 amide bonds. The van der Waals surface area contributed by atoms with Gasteiger partial charge >= 0.3 is 0 Å². The molecule has 0 aliphatic carbocycles. The first kappa shape index (κ1) is 17.9. The summed E-state index contributed by atoms with van der Waals surface area (Å²) in [6.45, 7) is 18.6. The van der Waals surface area contributed by atoms with Gasteiger partial charge in [-0.2, -0.15) is 0 Å². The lowest BCUT2D eigenvalue weighted by Crippen LogP contribution is -2.46. The molecule has 4 unspecified atom stereocenters. The van der Waals surface area contributed by atoms with Crippen molar-refractivity contribution in [2.24, 2.45) is 29.6 Å². The zero-order valence-electron chi connectivity index (χ0n) is 13.9. The van der Waals surface area contributed by atoms with E-state index in [-0.39, 0.29) is 0 Å². The summed E-state index contributed by atoms with van der Waals surface area (Å²) in [6, 6.07) is 0.577. The number of rotatable bonds is 9. The van der Waals surface area contributed by atoms with Crippen LogP contribution in [0.5, 0.6) is 0 Å². The summed E-state index contributed by atoms with van der Waals surface area (Å²) < 4.78 is 0. The van der Waals surface area contributed by atoms with Crippen molar-refractivity contribution in [1.29, 1.82) is 0 Å². The summed E-state index contributed by atoms with van der Waals surface area (Å²) in [7, 11) is 2.05. The third-order valence-corrected chi connectivity index (χ3v) is 4.78. The minimum absolute atomic E-state index is 0.577. The van der Waals surface area contributed by atoms with E-state index >= 15 is 0 Å². The largest absolute Gasteiger partial charge is 0.318 e. The van der Waals surface area contributed by atoms with Crippen LogP contribution in [0.1, 0.15) is 48.5 Å². The van der Waals surface area contributed by atoms with Gasteiger partial charge in [0.15, 0.2) is 0 Å². The molecular formula is C16H36N2. The fraction of sp³-hybridized carbons (Fsp3) is 1.00. The van der Waals surface area contributed by atoms with E-state index in [1.807, 2.05) is 7.05 Å². The van der Waals surface area contributed by atoms with Crippen LogP contribution in [-0.4, -0.2) is 26.2 Å². The highest BCUT2D eigenvalue weighted by Crippen LogP contribution is 2.23. The Balaban J connectivity index is 4.37. The van der Waals surface area contributed by atoms with Crippen LogP contribution in [0, 0.1) is 29.6 Å². The van der Waals surface area contributed by atoms with Crippen LogP contribution in [0.25, 0.3) is 0 Å². The highest BCUT2D eigenvalue weighted by molar-refractivity contribution is 4.81. The molecule has 2 heteroatoms. The molecular weight excluding hydrogens is 220 g/mol. The Bertz CT molecular complexity index is 201. The lowest BCUT2D eigenvalue weighted by atomic mass is 9.81. The minimum atomic E-state index is 0.577. The average Bonchev–Trinajstić information content (AvgIpc) is 2.31. The molecule has 0 saturated heterocycles. The molecule has 0 aromatic rings. The normalized spacial score (nSPS) is 19.0. The van der Waals surface area contributed by atoms with Crippen LogP contribution in [-0.2, 0) is 0 Å². The van der Waals surface area contributed by atoms with Gasteiger partial charge < -0.3 is 10.6 Å². The van der Waals surface area contributed by atoms with E-state index < -0.39 is 0 Å². The Morgan fingerprint density at radius 2 is 1.28 bits per heavy atom. The molecule has 0 heterocycles. The van der Waals surface area contributed by atoms with Crippen molar-refractivity contribution in [1.82, 2.24) is 10.6 Å². The van der Waals surface area contributed by atoms with Crippen molar-refractivity contribution in [3.8, 4) is 0 Å². The summed E-state index contributed by atoms with van der Waals surface area (Å²) in [4.78, 5) is 0. The molecule has 0 bridgehead atoms. The van der Waals surface area contributed by atoms with E-state index in [4.69, 9.17) is 0 Å². The Hall–Kier alpha value is -0.0800. The zero-order chi connectivity index (χ0) is 14.3. The van der Waals surface area contributed by atoms with Gasteiger partial charge in [-0.3, -0.25) is 0 Å². The molecule has 0 aliphatic rings. The van der Waals surface area contributed by atoms with E-state index in [1.165, 1.54) is 0 Å². The second-order valence-corrected chi connectivity index (χ2v) is 6.76. The molecule has 2 nitrogen and oxygen atoms in total. The monoisotopic (exact) mass is 256 g/mol. The molecule has 0 aliphatic heterocycles. The van der Waals surface area contributed by atoms with Crippen LogP contribution >= 0.6 is 0 Å². The second kappa shape index (κ2) is 8.92. The maximum atomic E-state index is 3.77. The van der Waals surface area contributed by atoms with Gasteiger partial charge in [0.2, 0.25) is 0 Å². The predicted octanol–water partition coefficient (Wildman–Crippen LogP) is 3.38. The highest BCUT2D eigenvalue weighted by atomic mass is 15.0. The average molecular weight is 256 g/mol. The molecule has 0 spiro atoms. The van der Waals surface area contributed by atoms with Gasteiger partial charge in [-0.15, -0.1) is 0 Å². The number of nitrogens with one attached hydrogen (secondary N) is 2. The smallest absolute Gasteiger partial charge is 0.0220 e. The van der Waals surface area contributed by atoms with Gasteiger partial charge in [-0.25, -0.2) is 0 Å². The quantitative estimate of drug-likeness (QED) is 0.661. The first-order valence-corrected chi connectivity index (χ1v) is 7.69. The van der Waals surface area contributed by atoms with E-state index in [0.717, 1.165) is 36.8 Å². The zero-order valence-corrected chi connectivity index (χ0v) is 13.9. The summed E-state index contributed by atoms with van der Waals surface area (Å²) in [5.74, 6) is 3.71. The Kier molecular flexibility index (Phi) is 8.89. The van der Waals surface area contributed by atoms with Gasteiger partial charge in [0.25, 0.3) is 0 Å². The maximum absolute atomic E-state index is 3.77. The maximum Gasteiger partial charge on any atom is 0.0220 e. The molecule has 0 aromatic carbocycles. The van der Waals surface area contributed by atoms with Crippen molar-refractivity contribution < 1.29 is 0 Å². The van der Waals surface area contributed by atoms with Crippen molar-refractivity contribution in [3.05, 3.63) is 0 Å². The Morgan fingerprint density at radius 3 is 1.67 bits per heavy atom. The molecule has 0 rings (SSSR count). The van der Waals surface area contributed by atoms with Crippen molar-refractivity contribution in [3.63, 3.8) is 0 Å².